The second-order valence-corrected chi connectivity index (χ2v) is 4.40. The molecule has 0 aromatic heterocycles. The first-order valence-electron chi connectivity index (χ1n) is 4.26. The zero-order valence-electron chi connectivity index (χ0n) is 6.92. The maximum Gasteiger partial charge on any atom is -0.00139 e. The lowest BCUT2D eigenvalue weighted by Crippen LogP contribution is -1.97. The van der Waals surface area contributed by atoms with E-state index in [-0.39, 0.29) is 0 Å². The van der Waals surface area contributed by atoms with Crippen molar-refractivity contribution >= 4 is 11.8 Å². The lowest BCUT2D eigenvalue weighted by Gasteiger charge is -2.04. The molecule has 0 aromatic rings. The predicted molar refractivity (Wildman–Crippen MR) is 51.8 cm³/mol. The van der Waals surface area contributed by atoms with Crippen molar-refractivity contribution in [1.82, 2.24) is 0 Å². The van der Waals surface area contributed by atoms with Crippen LogP contribution >= 0.6 is 11.8 Å². The van der Waals surface area contributed by atoms with Crippen molar-refractivity contribution in [3.8, 4) is 0 Å². The summed E-state index contributed by atoms with van der Waals surface area (Å²) in [4.78, 5) is 0. The highest BCUT2D eigenvalue weighted by Gasteiger charge is 2.28. The summed E-state index contributed by atoms with van der Waals surface area (Å²) < 4.78 is 0. The molecule has 0 amide bonds. The van der Waals surface area contributed by atoms with Crippen LogP contribution in [-0.2, 0) is 0 Å². The van der Waals surface area contributed by atoms with Gasteiger partial charge in [-0.2, -0.15) is 11.8 Å². The van der Waals surface area contributed by atoms with Crippen molar-refractivity contribution in [2.75, 3.05) is 12.0 Å². The highest BCUT2D eigenvalue weighted by molar-refractivity contribution is 7.98. The van der Waals surface area contributed by atoms with Crippen LogP contribution in [0.2, 0.25) is 0 Å². The largest absolute Gasteiger partial charge is 0.165 e. The fourth-order valence-electron chi connectivity index (χ4n) is 2.15. The lowest BCUT2D eigenvalue weighted by atomic mass is 10.1. The fraction of sp³-hybridized carbons (Fsp3) is 0.600. The fourth-order valence-corrected chi connectivity index (χ4v) is 2.87. The quantitative estimate of drug-likeness (QED) is 0.608. The van der Waals surface area contributed by atoms with Gasteiger partial charge in [0.25, 0.3) is 0 Å². The Morgan fingerprint density at radius 3 is 3.27 bits per heavy atom. The predicted octanol–water partition coefficient (Wildman–Crippen LogP) is 2.87. The summed E-state index contributed by atoms with van der Waals surface area (Å²) in [6, 6.07) is 0. The van der Waals surface area contributed by atoms with E-state index >= 15 is 0 Å². The van der Waals surface area contributed by atoms with Crippen LogP contribution in [0.4, 0.5) is 0 Å². The number of fused-ring (bicyclic) bond motifs is 1. The minimum absolute atomic E-state index is 0.826. The van der Waals surface area contributed by atoms with Gasteiger partial charge in [-0.3, -0.25) is 0 Å². The van der Waals surface area contributed by atoms with E-state index in [1.165, 1.54) is 18.6 Å². The average Bonchev–Trinajstić information content (AvgIpc) is 2.46. The molecule has 0 aliphatic heterocycles. The smallest absolute Gasteiger partial charge is 0.00139 e. The van der Waals surface area contributed by atoms with Gasteiger partial charge < -0.3 is 0 Å². The molecule has 0 saturated heterocycles. The van der Waals surface area contributed by atoms with E-state index in [1.807, 2.05) is 11.8 Å². The molecule has 60 valence electrons. The van der Waals surface area contributed by atoms with Crippen LogP contribution in [0.1, 0.15) is 12.8 Å². The molecular weight excluding hydrogens is 152 g/mol. The van der Waals surface area contributed by atoms with E-state index in [1.54, 1.807) is 5.57 Å². The second kappa shape index (κ2) is 3.06. The molecule has 1 heteroatoms. The van der Waals surface area contributed by atoms with Gasteiger partial charge in [0.2, 0.25) is 0 Å². The molecule has 0 heterocycles. The van der Waals surface area contributed by atoms with Gasteiger partial charge in [0.15, 0.2) is 0 Å². The molecule has 2 rings (SSSR count). The topological polar surface area (TPSA) is 0 Å². The van der Waals surface area contributed by atoms with Crippen LogP contribution < -0.4 is 0 Å². The lowest BCUT2D eigenvalue weighted by molar-refractivity contribution is 0.596. The third-order valence-electron chi connectivity index (χ3n) is 2.64. The summed E-state index contributed by atoms with van der Waals surface area (Å²) >= 11 is 1.99. The van der Waals surface area contributed by atoms with E-state index < -0.39 is 0 Å². The Kier molecular flexibility index (Phi) is 2.08. The van der Waals surface area contributed by atoms with Gasteiger partial charge >= 0.3 is 0 Å². The number of hydrogen-bond donors (Lipinski definition) is 0. The monoisotopic (exact) mass is 166 g/mol. The van der Waals surface area contributed by atoms with Gasteiger partial charge in [0.05, 0.1) is 0 Å². The molecule has 0 bridgehead atoms. The van der Waals surface area contributed by atoms with Gasteiger partial charge in [-0.1, -0.05) is 23.8 Å². The molecule has 1 saturated carbocycles. The summed E-state index contributed by atoms with van der Waals surface area (Å²) in [6.07, 6.45) is 11.9. The minimum Gasteiger partial charge on any atom is -0.165 e. The SMILES string of the molecule is CSCC1CC2=CC=CC2C1. The normalized spacial score (nSPS) is 34.1. The number of thioether (sulfide) groups is 1. The number of hydrogen-bond acceptors (Lipinski definition) is 1. The third-order valence-corrected chi connectivity index (χ3v) is 3.45. The Hall–Kier alpha value is -0.170. The van der Waals surface area contributed by atoms with Crippen LogP contribution in [0.5, 0.6) is 0 Å². The van der Waals surface area contributed by atoms with Crippen molar-refractivity contribution in [3.05, 3.63) is 23.8 Å². The van der Waals surface area contributed by atoms with Crippen molar-refractivity contribution in [1.29, 1.82) is 0 Å². The van der Waals surface area contributed by atoms with Gasteiger partial charge in [-0.05, 0) is 36.7 Å². The maximum absolute atomic E-state index is 2.36. The standard InChI is InChI=1S/C10H14S/c1-11-7-8-5-9-3-2-4-10(9)6-8/h2-4,8-9H,5-7H2,1H3. The van der Waals surface area contributed by atoms with E-state index in [0.29, 0.717) is 0 Å². The van der Waals surface area contributed by atoms with Crippen molar-refractivity contribution < 1.29 is 0 Å². The molecule has 0 N–H and O–H groups in total. The Bertz CT molecular complexity index is 203. The molecule has 0 spiro atoms. The summed E-state index contributed by atoms with van der Waals surface area (Å²) in [5.41, 5.74) is 1.68. The van der Waals surface area contributed by atoms with Gasteiger partial charge in [0, 0.05) is 0 Å². The molecule has 2 aliphatic carbocycles. The Balaban J connectivity index is 1.95. The summed E-state index contributed by atoms with van der Waals surface area (Å²) in [7, 11) is 0. The Morgan fingerprint density at radius 2 is 2.55 bits per heavy atom. The van der Waals surface area contributed by atoms with Crippen LogP contribution in [-0.4, -0.2) is 12.0 Å². The van der Waals surface area contributed by atoms with E-state index in [0.717, 1.165) is 11.8 Å². The Labute approximate surface area is 72.8 Å². The van der Waals surface area contributed by atoms with Crippen LogP contribution in [0.3, 0.4) is 0 Å². The maximum atomic E-state index is 2.36. The molecule has 0 aromatic carbocycles. The van der Waals surface area contributed by atoms with Crippen molar-refractivity contribution in [2.45, 2.75) is 12.8 Å². The van der Waals surface area contributed by atoms with E-state index in [9.17, 15) is 0 Å². The van der Waals surface area contributed by atoms with Crippen molar-refractivity contribution in [3.63, 3.8) is 0 Å². The van der Waals surface area contributed by atoms with Gasteiger partial charge in [-0.15, -0.1) is 0 Å². The number of allylic oxidation sites excluding steroid dienone is 4. The highest BCUT2D eigenvalue weighted by atomic mass is 32.2. The van der Waals surface area contributed by atoms with E-state index in [2.05, 4.69) is 24.5 Å². The molecule has 0 radical (unpaired) electrons. The molecule has 2 unspecified atom stereocenters. The first kappa shape index (κ1) is 7.48. The van der Waals surface area contributed by atoms with Crippen LogP contribution in [0.15, 0.2) is 23.8 Å². The highest BCUT2D eigenvalue weighted by Crippen LogP contribution is 2.40. The zero-order chi connectivity index (χ0) is 7.68. The van der Waals surface area contributed by atoms with Crippen LogP contribution in [0.25, 0.3) is 0 Å². The Morgan fingerprint density at radius 1 is 1.64 bits per heavy atom. The van der Waals surface area contributed by atoms with Crippen molar-refractivity contribution in [2.24, 2.45) is 11.8 Å². The second-order valence-electron chi connectivity index (χ2n) is 3.49. The third kappa shape index (κ3) is 1.39. The molecule has 2 aliphatic rings. The first-order chi connectivity index (χ1) is 5.40. The zero-order valence-corrected chi connectivity index (χ0v) is 7.73. The minimum atomic E-state index is 0.826. The average molecular weight is 166 g/mol. The van der Waals surface area contributed by atoms with E-state index in [4.69, 9.17) is 0 Å². The van der Waals surface area contributed by atoms with Gasteiger partial charge in [0.1, 0.15) is 0 Å². The summed E-state index contributed by atoms with van der Waals surface area (Å²) in [5.74, 6) is 3.14. The molecular formula is C10H14S. The number of rotatable bonds is 2. The summed E-state index contributed by atoms with van der Waals surface area (Å²) in [6.45, 7) is 0. The molecule has 2 atom stereocenters. The molecule has 0 nitrogen and oxygen atoms in total. The van der Waals surface area contributed by atoms with Gasteiger partial charge in [-0.25, -0.2) is 0 Å². The summed E-state index contributed by atoms with van der Waals surface area (Å²) in [5, 5.41) is 0. The first-order valence-corrected chi connectivity index (χ1v) is 5.65. The molecule has 11 heavy (non-hydrogen) atoms. The van der Waals surface area contributed by atoms with Crippen LogP contribution in [0, 0.1) is 11.8 Å². The molecule has 1 fully saturated rings.